The molecule has 0 amide bonds. The molecule has 5 nitrogen and oxygen atoms in total. The van der Waals surface area contributed by atoms with Gasteiger partial charge in [0.05, 0.1) is 29.8 Å². The molecule has 0 aromatic carbocycles. The lowest BCUT2D eigenvalue weighted by Gasteiger charge is -2.04. The van der Waals surface area contributed by atoms with E-state index in [9.17, 15) is 13.2 Å². The van der Waals surface area contributed by atoms with E-state index in [0.717, 1.165) is 35.7 Å². The smallest absolute Gasteiger partial charge is 0.311 e. The highest BCUT2D eigenvalue weighted by molar-refractivity contribution is 5.21. The van der Waals surface area contributed by atoms with E-state index in [1.54, 1.807) is 0 Å². The van der Waals surface area contributed by atoms with Gasteiger partial charge in [0.15, 0.2) is 5.82 Å². The Morgan fingerprint density at radius 2 is 2.00 bits per heavy atom. The van der Waals surface area contributed by atoms with Crippen LogP contribution in [0.2, 0.25) is 0 Å². The van der Waals surface area contributed by atoms with Gasteiger partial charge in [-0.2, -0.15) is 18.3 Å². The first-order chi connectivity index (χ1) is 9.50. The summed E-state index contributed by atoms with van der Waals surface area (Å²) in [5.41, 5.74) is -0.0848. The Bertz CT molecular complexity index is 547. The van der Waals surface area contributed by atoms with Crippen LogP contribution in [-0.4, -0.2) is 26.3 Å². The van der Waals surface area contributed by atoms with Crippen LogP contribution in [0.3, 0.4) is 0 Å². The second kappa shape index (κ2) is 6.00. The Morgan fingerprint density at radius 3 is 2.55 bits per heavy atom. The van der Waals surface area contributed by atoms with Crippen molar-refractivity contribution < 1.29 is 13.2 Å². The molecule has 0 unspecified atom stereocenters. The van der Waals surface area contributed by atoms with E-state index < -0.39 is 11.7 Å². The lowest BCUT2D eigenvalue weighted by molar-refractivity contribution is -0.137. The molecular weight excluding hydrogens is 271 g/mol. The third kappa shape index (κ3) is 3.53. The maximum Gasteiger partial charge on any atom is 0.419 e. The minimum atomic E-state index is -4.41. The first-order valence-electron chi connectivity index (χ1n) is 6.14. The molecular formula is C12H14F3N5. The summed E-state index contributed by atoms with van der Waals surface area (Å²) < 4.78 is 38.4. The molecule has 2 heterocycles. The van der Waals surface area contributed by atoms with Gasteiger partial charge in [-0.25, -0.2) is 9.67 Å². The summed E-state index contributed by atoms with van der Waals surface area (Å²) in [6.07, 6.45) is 1.18. The fraction of sp³-hybridized carbons (Fsp3) is 0.417. The van der Waals surface area contributed by atoms with E-state index >= 15 is 0 Å². The van der Waals surface area contributed by atoms with E-state index in [0.29, 0.717) is 6.54 Å². The average Bonchev–Trinajstić information content (AvgIpc) is 2.89. The summed E-state index contributed by atoms with van der Waals surface area (Å²) in [7, 11) is 0. The van der Waals surface area contributed by atoms with Crippen LogP contribution in [0.1, 0.15) is 24.6 Å². The van der Waals surface area contributed by atoms with Gasteiger partial charge in [-0.1, -0.05) is 6.92 Å². The van der Waals surface area contributed by atoms with Crippen LogP contribution in [0.25, 0.3) is 5.82 Å². The van der Waals surface area contributed by atoms with Crippen molar-refractivity contribution in [3.63, 3.8) is 0 Å². The zero-order valence-corrected chi connectivity index (χ0v) is 10.9. The number of alkyl halides is 3. The van der Waals surface area contributed by atoms with Crippen molar-refractivity contribution in [3.8, 4) is 5.82 Å². The van der Waals surface area contributed by atoms with E-state index in [4.69, 9.17) is 0 Å². The molecule has 0 fully saturated rings. The first kappa shape index (κ1) is 14.4. The lowest BCUT2D eigenvalue weighted by atomic mass is 10.3. The van der Waals surface area contributed by atoms with Gasteiger partial charge >= 0.3 is 6.18 Å². The Morgan fingerprint density at radius 1 is 1.20 bits per heavy atom. The van der Waals surface area contributed by atoms with Crippen LogP contribution in [0.5, 0.6) is 0 Å². The molecule has 2 rings (SSSR count). The van der Waals surface area contributed by atoms with Crippen LogP contribution in [0, 0.1) is 0 Å². The molecule has 0 aliphatic rings. The Kier molecular flexibility index (Phi) is 4.33. The predicted molar refractivity (Wildman–Crippen MR) is 66.2 cm³/mol. The monoisotopic (exact) mass is 285 g/mol. The maximum atomic E-state index is 12.5. The average molecular weight is 285 g/mol. The van der Waals surface area contributed by atoms with Crippen molar-refractivity contribution in [3.05, 3.63) is 36.0 Å². The van der Waals surface area contributed by atoms with Crippen LogP contribution >= 0.6 is 0 Å². The molecule has 108 valence electrons. The molecule has 0 bridgehead atoms. The van der Waals surface area contributed by atoms with Crippen molar-refractivity contribution in [2.45, 2.75) is 26.1 Å². The fourth-order valence-electron chi connectivity index (χ4n) is 1.55. The third-order valence-corrected chi connectivity index (χ3v) is 2.57. The first-order valence-corrected chi connectivity index (χ1v) is 6.14. The van der Waals surface area contributed by atoms with Crippen LogP contribution < -0.4 is 5.32 Å². The van der Waals surface area contributed by atoms with Gasteiger partial charge in [0.25, 0.3) is 0 Å². The van der Waals surface area contributed by atoms with Crippen LogP contribution in [-0.2, 0) is 12.7 Å². The molecule has 0 aliphatic heterocycles. The molecule has 0 spiro atoms. The molecule has 20 heavy (non-hydrogen) atoms. The number of nitrogens with one attached hydrogen (secondary N) is 1. The van der Waals surface area contributed by atoms with Gasteiger partial charge < -0.3 is 5.32 Å². The zero-order valence-electron chi connectivity index (χ0n) is 10.9. The predicted octanol–water partition coefficient (Wildman–Crippen LogP) is 2.18. The molecule has 2 aromatic heterocycles. The van der Waals surface area contributed by atoms with Crippen molar-refractivity contribution in [2.75, 3.05) is 6.54 Å². The van der Waals surface area contributed by atoms with Crippen LogP contribution in [0.4, 0.5) is 13.2 Å². The van der Waals surface area contributed by atoms with E-state index in [1.165, 1.54) is 12.4 Å². The highest BCUT2D eigenvalue weighted by Gasteiger charge is 2.32. The molecule has 1 N–H and O–H groups in total. The summed E-state index contributed by atoms with van der Waals surface area (Å²) in [4.78, 5) is 8.18. The number of halogens is 3. The SMILES string of the molecule is CCCNCc1cnc(-n2cc(C(F)(F)F)cn2)cn1. The Labute approximate surface area is 113 Å². The number of aromatic nitrogens is 4. The second-order valence-electron chi connectivity index (χ2n) is 4.21. The van der Waals surface area contributed by atoms with Crippen molar-refractivity contribution in [2.24, 2.45) is 0 Å². The van der Waals surface area contributed by atoms with Gasteiger partial charge in [-0.3, -0.25) is 4.98 Å². The summed E-state index contributed by atoms with van der Waals surface area (Å²) in [5, 5.41) is 6.80. The molecule has 0 saturated carbocycles. The van der Waals surface area contributed by atoms with Crippen LogP contribution in [0.15, 0.2) is 24.8 Å². The molecule has 2 aromatic rings. The minimum Gasteiger partial charge on any atom is -0.311 e. The van der Waals surface area contributed by atoms with Crippen molar-refractivity contribution in [1.82, 2.24) is 25.1 Å². The standard InChI is InChI=1S/C12H14F3N5/c1-2-3-16-5-10-6-18-11(7-17-10)20-8-9(4-19-20)12(13,14)15/h4,6-8,16H,2-3,5H2,1H3. The molecule has 8 heteroatoms. The molecule has 0 aliphatic carbocycles. The largest absolute Gasteiger partial charge is 0.419 e. The van der Waals surface area contributed by atoms with E-state index in [2.05, 4.69) is 27.3 Å². The normalized spacial score (nSPS) is 11.8. The second-order valence-corrected chi connectivity index (χ2v) is 4.21. The third-order valence-electron chi connectivity index (χ3n) is 2.57. The number of hydrogen-bond donors (Lipinski definition) is 1. The van der Waals surface area contributed by atoms with E-state index in [-0.39, 0.29) is 5.82 Å². The quantitative estimate of drug-likeness (QED) is 0.856. The van der Waals surface area contributed by atoms with Crippen molar-refractivity contribution >= 4 is 0 Å². The number of hydrogen-bond acceptors (Lipinski definition) is 4. The van der Waals surface area contributed by atoms with Gasteiger partial charge in [0.1, 0.15) is 0 Å². The molecule has 0 saturated heterocycles. The summed E-state index contributed by atoms with van der Waals surface area (Å²) >= 11 is 0. The lowest BCUT2D eigenvalue weighted by Crippen LogP contribution is -2.15. The highest BCUT2D eigenvalue weighted by Crippen LogP contribution is 2.28. The Hall–Kier alpha value is -1.96. The van der Waals surface area contributed by atoms with Gasteiger partial charge in [-0.15, -0.1) is 0 Å². The molecule has 0 radical (unpaired) electrons. The summed E-state index contributed by atoms with van der Waals surface area (Å²) in [6.45, 7) is 3.50. The highest BCUT2D eigenvalue weighted by atomic mass is 19.4. The topological polar surface area (TPSA) is 55.6 Å². The summed E-state index contributed by atoms with van der Waals surface area (Å²) in [5.74, 6) is 0.250. The van der Waals surface area contributed by atoms with Gasteiger partial charge in [0.2, 0.25) is 0 Å². The zero-order chi connectivity index (χ0) is 14.6. The fourth-order valence-corrected chi connectivity index (χ4v) is 1.55. The van der Waals surface area contributed by atoms with Gasteiger partial charge in [-0.05, 0) is 13.0 Å². The Balaban J connectivity index is 2.08. The van der Waals surface area contributed by atoms with Crippen molar-refractivity contribution in [1.29, 1.82) is 0 Å². The van der Waals surface area contributed by atoms with Gasteiger partial charge in [0, 0.05) is 12.7 Å². The minimum absolute atomic E-state index is 0.250. The molecule has 0 atom stereocenters. The number of nitrogens with zero attached hydrogens (tertiary/aromatic N) is 4. The summed E-state index contributed by atoms with van der Waals surface area (Å²) in [6, 6.07) is 0. The maximum absolute atomic E-state index is 12.5. The number of rotatable bonds is 5. The van der Waals surface area contributed by atoms with E-state index in [1.807, 2.05) is 0 Å².